The van der Waals surface area contributed by atoms with Gasteiger partial charge in [-0.3, -0.25) is 4.79 Å². The molecule has 0 radical (unpaired) electrons. The van der Waals surface area contributed by atoms with Crippen LogP contribution >= 0.6 is 0 Å². The Balaban J connectivity index is 2.09. The first-order chi connectivity index (χ1) is 8.73. The maximum absolute atomic E-state index is 12.4. The minimum Gasteiger partial charge on any atom is -0.465 e. The van der Waals surface area contributed by atoms with E-state index in [9.17, 15) is 4.79 Å². The Morgan fingerprint density at radius 2 is 2.06 bits per heavy atom. The fourth-order valence-electron chi connectivity index (χ4n) is 3.28. The number of nitrogens with one attached hydrogen (secondary N) is 1. The number of rotatable bonds is 6. The number of ether oxygens (including phenoxy) is 1. The van der Waals surface area contributed by atoms with Crippen LogP contribution in [0.2, 0.25) is 0 Å². The highest BCUT2D eigenvalue weighted by atomic mass is 16.5. The van der Waals surface area contributed by atoms with Crippen molar-refractivity contribution in [3.05, 3.63) is 0 Å². The zero-order valence-electron chi connectivity index (χ0n) is 11.8. The van der Waals surface area contributed by atoms with E-state index >= 15 is 0 Å². The highest BCUT2D eigenvalue weighted by molar-refractivity contribution is 5.81. The second-order valence-corrected chi connectivity index (χ2v) is 5.87. The molecular weight excluding hydrogens is 226 g/mol. The van der Waals surface area contributed by atoms with Crippen LogP contribution in [-0.4, -0.2) is 24.7 Å². The molecule has 2 aliphatic rings. The first-order valence-corrected chi connectivity index (χ1v) is 7.65. The lowest BCUT2D eigenvalue weighted by Gasteiger charge is -2.42. The average Bonchev–Trinajstić information content (AvgIpc) is 3.21. The van der Waals surface area contributed by atoms with Gasteiger partial charge < -0.3 is 10.1 Å². The Hall–Kier alpha value is -0.570. The molecule has 2 atom stereocenters. The molecule has 18 heavy (non-hydrogen) atoms. The molecule has 3 nitrogen and oxygen atoms in total. The van der Waals surface area contributed by atoms with Crippen molar-refractivity contribution in [2.45, 2.75) is 64.3 Å². The van der Waals surface area contributed by atoms with E-state index in [1.54, 1.807) is 0 Å². The maximum atomic E-state index is 12.4. The molecule has 0 heterocycles. The van der Waals surface area contributed by atoms with Crippen LogP contribution in [-0.2, 0) is 9.53 Å². The lowest BCUT2D eigenvalue weighted by molar-refractivity contribution is -0.156. The molecule has 2 rings (SSSR count). The largest absolute Gasteiger partial charge is 0.465 e. The predicted octanol–water partition coefficient (Wildman–Crippen LogP) is 2.89. The van der Waals surface area contributed by atoms with Crippen molar-refractivity contribution in [3.63, 3.8) is 0 Å². The molecule has 2 fully saturated rings. The number of hydrogen-bond donors (Lipinski definition) is 1. The van der Waals surface area contributed by atoms with E-state index < -0.39 is 0 Å². The van der Waals surface area contributed by atoms with Gasteiger partial charge in [-0.05, 0) is 51.0 Å². The molecular formula is C15H27NO2. The number of esters is 1. The Bertz CT molecular complexity index is 288. The zero-order chi connectivity index (χ0) is 13.0. The standard InChI is InChI=1S/C15H27NO2/c1-3-13-7-5-6-10-15(13,14(17)18-4-2)16-11-12-8-9-12/h12-13,16H,3-11H2,1-2H3. The van der Waals surface area contributed by atoms with E-state index in [4.69, 9.17) is 4.74 Å². The molecule has 2 unspecified atom stereocenters. The van der Waals surface area contributed by atoms with Crippen LogP contribution in [0.5, 0.6) is 0 Å². The summed E-state index contributed by atoms with van der Waals surface area (Å²) in [5, 5.41) is 3.61. The van der Waals surface area contributed by atoms with Crippen LogP contribution in [0.3, 0.4) is 0 Å². The molecule has 0 saturated heterocycles. The SMILES string of the molecule is CCOC(=O)C1(NCC2CC2)CCCCC1CC. The number of hydrogen-bond acceptors (Lipinski definition) is 3. The molecule has 3 heteroatoms. The van der Waals surface area contributed by atoms with E-state index in [-0.39, 0.29) is 11.5 Å². The van der Waals surface area contributed by atoms with Gasteiger partial charge in [0, 0.05) is 0 Å². The van der Waals surface area contributed by atoms with Gasteiger partial charge in [0.1, 0.15) is 5.54 Å². The quantitative estimate of drug-likeness (QED) is 0.740. The normalized spacial score (nSPS) is 32.2. The van der Waals surface area contributed by atoms with Crippen molar-refractivity contribution in [1.29, 1.82) is 0 Å². The molecule has 1 N–H and O–H groups in total. The minimum absolute atomic E-state index is 0.00259. The molecule has 2 saturated carbocycles. The smallest absolute Gasteiger partial charge is 0.326 e. The third kappa shape index (κ3) is 2.87. The lowest BCUT2D eigenvalue weighted by Crippen LogP contribution is -2.59. The van der Waals surface area contributed by atoms with Gasteiger partial charge >= 0.3 is 5.97 Å². The van der Waals surface area contributed by atoms with Gasteiger partial charge in [0.2, 0.25) is 0 Å². The van der Waals surface area contributed by atoms with Crippen LogP contribution in [0, 0.1) is 11.8 Å². The summed E-state index contributed by atoms with van der Waals surface area (Å²) in [5.41, 5.74) is -0.383. The maximum Gasteiger partial charge on any atom is 0.326 e. The fourth-order valence-corrected chi connectivity index (χ4v) is 3.28. The summed E-state index contributed by atoms with van der Waals surface area (Å²) >= 11 is 0. The summed E-state index contributed by atoms with van der Waals surface area (Å²) in [6, 6.07) is 0. The predicted molar refractivity (Wildman–Crippen MR) is 72.3 cm³/mol. The van der Waals surface area contributed by atoms with Crippen molar-refractivity contribution in [3.8, 4) is 0 Å². The number of carbonyl (C=O) groups excluding carboxylic acids is 1. The molecule has 0 aliphatic heterocycles. The monoisotopic (exact) mass is 253 g/mol. The van der Waals surface area contributed by atoms with Gasteiger partial charge in [-0.15, -0.1) is 0 Å². The summed E-state index contributed by atoms with van der Waals surface area (Å²) < 4.78 is 5.37. The Kier molecular flexibility index (Phi) is 4.66. The number of carbonyl (C=O) groups is 1. The van der Waals surface area contributed by atoms with Gasteiger partial charge in [-0.2, -0.15) is 0 Å². The van der Waals surface area contributed by atoms with E-state index in [0.29, 0.717) is 12.5 Å². The average molecular weight is 253 g/mol. The summed E-state index contributed by atoms with van der Waals surface area (Å²) in [5.74, 6) is 1.25. The molecule has 0 amide bonds. The first kappa shape index (κ1) is 13.9. The van der Waals surface area contributed by atoms with E-state index in [0.717, 1.165) is 38.1 Å². The summed E-state index contributed by atoms with van der Waals surface area (Å²) in [4.78, 5) is 12.4. The Morgan fingerprint density at radius 1 is 1.28 bits per heavy atom. The van der Waals surface area contributed by atoms with Crippen molar-refractivity contribution >= 4 is 5.97 Å². The van der Waals surface area contributed by atoms with Crippen LogP contribution in [0.15, 0.2) is 0 Å². The van der Waals surface area contributed by atoms with Gasteiger partial charge in [0.05, 0.1) is 6.61 Å². The van der Waals surface area contributed by atoms with Crippen molar-refractivity contribution < 1.29 is 9.53 Å². The van der Waals surface area contributed by atoms with Crippen LogP contribution < -0.4 is 5.32 Å². The third-order valence-corrected chi connectivity index (χ3v) is 4.61. The minimum atomic E-state index is -0.383. The Labute approximate surface area is 111 Å². The molecule has 0 aromatic carbocycles. The van der Waals surface area contributed by atoms with Crippen molar-refractivity contribution in [1.82, 2.24) is 5.32 Å². The van der Waals surface area contributed by atoms with Crippen molar-refractivity contribution in [2.75, 3.05) is 13.2 Å². The molecule has 0 aromatic rings. The Morgan fingerprint density at radius 3 is 2.67 bits per heavy atom. The highest BCUT2D eigenvalue weighted by Crippen LogP contribution is 2.38. The first-order valence-electron chi connectivity index (χ1n) is 7.65. The summed E-state index contributed by atoms with van der Waals surface area (Å²) in [7, 11) is 0. The molecule has 0 aromatic heterocycles. The second-order valence-electron chi connectivity index (χ2n) is 5.87. The van der Waals surface area contributed by atoms with Gasteiger partial charge in [-0.25, -0.2) is 0 Å². The zero-order valence-corrected chi connectivity index (χ0v) is 11.8. The summed E-state index contributed by atoms with van der Waals surface area (Å²) in [6.45, 7) is 5.58. The third-order valence-electron chi connectivity index (χ3n) is 4.61. The summed E-state index contributed by atoms with van der Waals surface area (Å²) in [6.07, 6.45) is 8.23. The van der Waals surface area contributed by atoms with Crippen molar-refractivity contribution in [2.24, 2.45) is 11.8 Å². The second kappa shape index (κ2) is 6.05. The van der Waals surface area contributed by atoms with Gasteiger partial charge in [-0.1, -0.05) is 26.2 Å². The van der Waals surface area contributed by atoms with E-state index in [1.807, 2.05) is 6.92 Å². The molecule has 2 aliphatic carbocycles. The van der Waals surface area contributed by atoms with Gasteiger partial charge in [0.25, 0.3) is 0 Å². The van der Waals surface area contributed by atoms with Crippen LogP contribution in [0.1, 0.15) is 58.8 Å². The lowest BCUT2D eigenvalue weighted by atomic mass is 9.71. The molecule has 0 bridgehead atoms. The molecule has 0 spiro atoms. The van der Waals surface area contributed by atoms with E-state index in [1.165, 1.54) is 19.3 Å². The topological polar surface area (TPSA) is 38.3 Å². The van der Waals surface area contributed by atoms with E-state index in [2.05, 4.69) is 12.2 Å². The molecule has 104 valence electrons. The van der Waals surface area contributed by atoms with Gasteiger partial charge in [0.15, 0.2) is 0 Å². The fraction of sp³-hybridized carbons (Fsp3) is 0.933. The highest BCUT2D eigenvalue weighted by Gasteiger charge is 2.47. The van der Waals surface area contributed by atoms with Crippen LogP contribution in [0.25, 0.3) is 0 Å². The van der Waals surface area contributed by atoms with Crippen LogP contribution in [0.4, 0.5) is 0 Å².